The molecule has 0 atom stereocenters. The molecule has 1 aromatic carbocycles. The third kappa shape index (κ3) is 2.14. The Kier molecular flexibility index (Phi) is 2.87. The monoisotopic (exact) mass is 257 g/mol. The van der Waals surface area contributed by atoms with Crippen LogP contribution in [0.5, 0.6) is 5.75 Å². The van der Waals surface area contributed by atoms with Gasteiger partial charge in [-0.3, -0.25) is 4.40 Å². The van der Waals surface area contributed by atoms with E-state index in [1.54, 1.807) is 24.3 Å². The molecule has 3 rings (SSSR count). The molecule has 0 amide bonds. The molecule has 2 heterocycles. The van der Waals surface area contributed by atoms with E-state index in [0.29, 0.717) is 17.0 Å². The Bertz CT molecular complexity index is 724. The molecule has 96 valence electrons. The maximum absolute atomic E-state index is 13.5. The summed E-state index contributed by atoms with van der Waals surface area (Å²) in [6.45, 7) is 2.03. The van der Waals surface area contributed by atoms with E-state index in [0.717, 1.165) is 5.82 Å². The molecule has 0 bridgehead atoms. The van der Waals surface area contributed by atoms with Gasteiger partial charge in [0.2, 0.25) is 5.65 Å². The first-order valence-electron chi connectivity index (χ1n) is 5.92. The van der Waals surface area contributed by atoms with Gasteiger partial charge < -0.3 is 4.74 Å². The van der Waals surface area contributed by atoms with Gasteiger partial charge >= 0.3 is 0 Å². The molecule has 0 aliphatic carbocycles. The van der Waals surface area contributed by atoms with Gasteiger partial charge in [-0.05, 0) is 25.1 Å². The average Bonchev–Trinajstić information content (AvgIpc) is 2.81. The van der Waals surface area contributed by atoms with Crippen LogP contribution in [0.15, 0.2) is 42.6 Å². The van der Waals surface area contributed by atoms with Crippen LogP contribution in [0.3, 0.4) is 0 Å². The number of pyridine rings is 1. The standard InChI is InChI=1S/C14H12FN3O/c1-10-16-17-14-13(7-4-8-18(10)14)19-9-11-5-2-3-6-12(11)15/h2-8H,9H2,1H3. The highest BCUT2D eigenvalue weighted by Crippen LogP contribution is 2.20. The van der Waals surface area contributed by atoms with E-state index in [-0.39, 0.29) is 12.4 Å². The molecule has 2 aromatic heterocycles. The van der Waals surface area contributed by atoms with E-state index < -0.39 is 0 Å². The number of halogens is 1. The van der Waals surface area contributed by atoms with Crippen molar-refractivity contribution >= 4 is 5.65 Å². The van der Waals surface area contributed by atoms with Crippen molar-refractivity contribution in [2.24, 2.45) is 0 Å². The average molecular weight is 257 g/mol. The van der Waals surface area contributed by atoms with E-state index in [9.17, 15) is 4.39 Å². The Morgan fingerprint density at radius 3 is 2.84 bits per heavy atom. The largest absolute Gasteiger partial charge is 0.485 e. The fourth-order valence-electron chi connectivity index (χ4n) is 1.89. The predicted molar refractivity (Wildman–Crippen MR) is 68.5 cm³/mol. The zero-order chi connectivity index (χ0) is 13.2. The number of hydrogen-bond donors (Lipinski definition) is 0. The summed E-state index contributed by atoms with van der Waals surface area (Å²) in [6, 6.07) is 10.2. The van der Waals surface area contributed by atoms with Crippen LogP contribution in [-0.4, -0.2) is 14.6 Å². The first-order valence-corrected chi connectivity index (χ1v) is 5.92. The Morgan fingerprint density at radius 2 is 2.00 bits per heavy atom. The van der Waals surface area contributed by atoms with Crippen LogP contribution in [0.1, 0.15) is 11.4 Å². The second-order valence-corrected chi connectivity index (χ2v) is 4.19. The number of aromatic nitrogens is 3. The molecular formula is C14H12FN3O. The molecule has 3 aromatic rings. The van der Waals surface area contributed by atoms with E-state index in [1.165, 1.54) is 6.07 Å². The quantitative estimate of drug-likeness (QED) is 0.724. The number of fused-ring (bicyclic) bond motifs is 1. The first-order chi connectivity index (χ1) is 9.25. The van der Waals surface area contributed by atoms with Crippen molar-refractivity contribution in [2.75, 3.05) is 0 Å². The maximum Gasteiger partial charge on any atom is 0.203 e. The molecular weight excluding hydrogens is 245 g/mol. The lowest BCUT2D eigenvalue weighted by Gasteiger charge is -2.07. The zero-order valence-corrected chi connectivity index (χ0v) is 10.4. The number of nitrogens with zero attached hydrogens (tertiary/aromatic N) is 3. The smallest absolute Gasteiger partial charge is 0.203 e. The summed E-state index contributed by atoms with van der Waals surface area (Å²) in [6.07, 6.45) is 1.86. The van der Waals surface area contributed by atoms with Crippen LogP contribution >= 0.6 is 0 Å². The van der Waals surface area contributed by atoms with Gasteiger partial charge in [-0.2, -0.15) is 0 Å². The lowest BCUT2D eigenvalue weighted by Crippen LogP contribution is -2.00. The molecule has 0 fully saturated rings. The van der Waals surface area contributed by atoms with Gasteiger partial charge in [0.1, 0.15) is 18.2 Å². The summed E-state index contributed by atoms with van der Waals surface area (Å²) in [5, 5.41) is 8.03. The van der Waals surface area contributed by atoms with Crippen LogP contribution in [0.2, 0.25) is 0 Å². The molecule has 4 nitrogen and oxygen atoms in total. The summed E-state index contributed by atoms with van der Waals surface area (Å²) in [7, 11) is 0. The summed E-state index contributed by atoms with van der Waals surface area (Å²) >= 11 is 0. The molecule has 0 radical (unpaired) electrons. The van der Waals surface area contributed by atoms with Crippen molar-refractivity contribution in [3.63, 3.8) is 0 Å². The Labute approximate surface area is 109 Å². The summed E-state index contributed by atoms with van der Waals surface area (Å²) < 4.78 is 21.0. The van der Waals surface area contributed by atoms with E-state index >= 15 is 0 Å². The Morgan fingerprint density at radius 1 is 1.16 bits per heavy atom. The van der Waals surface area contributed by atoms with Crippen LogP contribution < -0.4 is 4.74 Å². The minimum atomic E-state index is -0.271. The van der Waals surface area contributed by atoms with Crippen molar-refractivity contribution < 1.29 is 9.13 Å². The van der Waals surface area contributed by atoms with Gasteiger partial charge in [-0.25, -0.2) is 4.39 Å². The second-order valence-electron chi connectivity index (χ2n) is 4.19. The van der Waals surface area contributed by atoms with Crippen molar-refractivity contribution in [1.82, 2.24) is 14.6 Å². The molecule has 0 aliphatic rings. The molecule has 19 heavy (non-hydrogen) atoms. The molecule has 0 saturated carbocycles. The SMILES string of the molecule is Cc1nnc2c(OCc3ccccc3F)cccn12. The van der Waals surface area contributed by atoms with Crippen LogP contribution in [0.25, 0.3) is 5.65 Å². The normalized spacial score (nSPS) is 10.8. The van der Waals surface area contributed by atoms with Gasteiger partial charge in [0.15, 0.2) is 5.75 Å². The van der Waals surface area contributed by atoms with Gasteiger partial charge in [0, 0.05) is 11.8 Å². The zero-order valence-electron chi connectivity index (χ0n) is 10.4. The highest BCUT2D eigenvalue weighted by Gasteiger charge is 2.08. The molecule has 0 unspecified atom stereocenters. The highest BCUT2D eigenvalue weighted by atomic mass is 19.1. The lowest BCUT2D eigenvalue weighted by atomic mass is 10.2. The lowest BCUT2D eigenvalue weighted by molar-refractivity contribution is 0.301. The third-order valence-electron chi connectivity index (χ3n) is 2.91. The number of aryl methyl sites for hydroxylation is 1. The number of benzene rings is 1. The Hall–Kier alpha value is -2.43. The van der Waals surface area contributed by atoms with Crippen molar-refractivity contribution in [1.29, 1.82) is 0 Å². The molecule has 0 aliphatic heterocycles. The topological polar surface area (TPSA) is 39.4 Å². The fraction of sp³-hybridized carbons (Fsp3) is 0.143. The number of rotatable bonds is 3. The van der Waals surface area contributed by atoms with Crippen LogP contribution in [0, 0.1) is 12.7 Å². The van der Waals surface area contributed by atoms with E-state index in [1.807, 2.05) is 23.6 Å². The van der Waals surface area contributed by atoms with Gasteiger partial charge in [-0.15, -0.1) is 10.2 Å². The minimum absolute atomic E-state index is 0.165. The number of ether oxygens (including phenoxy) is 1. The number of hydrogen-bond acceptors (Lipinski definition) is 3. The first kappa shape index (κ1) is 11.6. The van der Waals surface area contributed by atoms with E-state index in [2.05, 4.69) is 10.2 Å². The fourth-order valence-corrected chi connectivity index (χ4v) is 1.89. The Balaban J connectivity index is 1.88. The van der Waals surface area contributed by atoms with Gasteiger partial charge in [0.05, 0.1) is 0 Å². The third-order valence-corrected chi connectivity index (χ3v) is 2.91. The van der Waals surface area contributed by atoms with Gasteiger partial charge in [0.25, 0.3) is 0 Å². The molecule has 0 spiro atoms. The summed E-state index contributed by atoms with van der Waals surface area (Å²) in [5.74, 6) is 1.10. The predicted octanol–water partition coefficient (Wildman–Crippen LogP) is 2.76. The minimum Gasteiger partial charge on any atom is -0.485 e. The molecule has 5 heteroatoms. The van der Waals surface area contributed by atoms with E-state index in [4.69, 9.17) is 4.74 Å². The highest BCUT2D eigenvalue weighted by molar-refractivity contribution is 5.53. The molecule has 0 N–H and O–H groups in total. The maximum atomic E-state index is 13.5. The van der Waals surface area contributed by atoms with Crippen molar-refractivity contribution in [2.45, 2.75) is 13.5 Å². The second kappa shape index (κ2) is 4.68. The van der Waals surface area contributed by atoms with Crippen molar-refractivity contribution in [3.8, 4) is 5.75 Å². The molecule has 0 saturated heterocycles. The van der Waals surface area contributed by atoms with Crippen LogP contribution in [-0.2, 0) is 6.61 Å². The van der Waals surface area contributed by atoms with Crippen molar-refractivity contribution in [3.05, 3.63) is 59.8 Å². The van der Waals surface area contributed by atoms with Crippen LogP contribution in [0.4, 0.5) is 4.39 Å². The van der Waals surface area contributed by atoms with Gasteiger partial charge in [-0.1, -0.05) is 18.2 Å². The summed E-state index contributed by atoms with van der Waals surface area (Å²) in [5.41, 5.74) is 1.15. The summed E-state index contributed by atoms with van der Waals surface area (Å²) in [4.78, 5) is 0.